The fraction of sp³-hybridized carbons (Fsp3) is 0.333. The van der Waals surface area contributed by atoms with Crippen LogP contribution in [-0.4, -0.2) is 55.1 Å². The number of rotatable bonds is 2. The van der Waals surface area contributed by atoms with Gasteiger partial charge in [0.2, 0.25) is 0 Å². The van der Waals surface area contributed by atoms with Crippen LogP contribution in [0.25, 0.3) is 5.52 Å². The SMILES string of the molecule is NC1(C(=O)O)CCN(C(=O)c2cnn3ccncc23)C1. The average molecular weight is 275 g/mol. The highest BCUT2D eigenvalue weighted by atomic mass is 16.4. The highest BCUT2D eigenvalue weighted by Gasteiger charge is 2.43. The molecule has 1 aliphatic rings. The lowest BCUT2D eigenvalue weighted by molar-refractivity contribution is -0.142. The van der Waals surface area contributed by atoms with Crippen molar-refractivity contribution >= 4 is 17.4 Å². The zero-order chi connectivity index (χ0) is 14.3. The molecule has 20 heavy (non-hydrogen) atoms. The number of carboxylic acid groups (broad SMARTS) is 1. The Morgan fingerprint density at radius 2 is 2.20 bits per heavy atom. The number of amides is 1. The predicted octanol–water partition coefficient (Wildman–Crippen LogP) is -0.643. The second kappa shape index (κ2) is 4.27. The number of hydrogen-bond donors (Lipinski definition) is 2. The summed E-state index contributed by atoms with van der Waals surface area (Å²) in [6, 6.07) is 0. The molecule has 0 saturated carbocycles. The molecule has 1 aliphatic heterocycles. The van der Waals surface area contributed by atoms with Crippen LogP contribution in [0.2, 0.25) is 0 Å². The van der Waals surface area contributed by atoms with E-state index in [1.807, 2.05) is 0 Å². The molecule has 3 heterocycles. The van der Waals surface area contributed by atoms with Crippen LogP contribution in [0.1, 0.15) is 16.8 Å². The number of nitrogens with zero attached hydrogens (tertiary/aromatic N) is 4. The summed E-state index contributed by atoms with van der Waals surface area (Å²) in [6.07, 6.45) is 6.45. The van der Waals surface area contributed by atoms with Crippen LogP contribution in [0.15, 0.2) is 24.8 Å². The van der Waals surface area contributed by atoms with Gasteiger partial charge in [0.25, 0.3) is 5.91 Å². The molecule has 1 unspecified atom stereocenters. The van der Waals surface area contributed by atoms with Crippen molar-refractivity contribution in [3.05, 3.63) is 30.4 Å². The van der Waals surface area contributed by atoms with Crippen LogP contribution in [0, 0.1) is 0 Å². The van der Waals surface area contributed by atoms with Crippen molar-refractivity contribution in [3.63, 3.8) is 0 Å². The van der Waals surface area contributed by atoms with Crippen molar-refractivity contribution in [1.82, 2.24) is 19.5 Å². The summed E-state index contributed by atoms with van der Waals surface area (Å²) in [5, 5.41) is 13.1. The van der Waals surface area contributed by atoms with Gasteiger partial charge in [-0.05, 0) is 6.42 Å². The average Bonchev–Trinajstić information content (AvgIpc) is 3.03. The van der Waals surface area contributed by atoms with Gasteiger partial charge in [0.15, 0.2) is 0 Å². The number of fused-ring (bicyclic) bond motifs is 1. The van der Waals surface area contributed by atoms with Crippen LogP contribution in [0.4, 0.5) is 0 Å². The number of carboxylic acids is 1. The van der Waals surface area contributed by atoms with E-state index in [0.717, 1.165) is 0 Å². The monoisotopic (exact) mass is 275 g/mol. The molecule has 1 amide bonds. The van der Waals surface area contributed by atoms with E-state index in [2.05, 4.69) is 10.1 Å². The molecule has 1 saturated heterocycles. The van der Waals surface area contributed by atoms with Crippen molar-refractivity contribution in [2.24, 2.45) is 5.73 Å². The Kier molecular flexibility index (Phi) is 2.68. The van der Waals surface area contributed by atoms with Gasteiger partial charge in [0.05, 0.1) is 23.5 Å². The molecule has 3 N–H and O–H groups in total. The maximum atomic E-state index is 12.4. The minimum absolute atomic E-state index is 0.00122. The van der Waals surface area contributed by atoms with Crippen molar-refractivity contribution < 1.29 is 14.7 Å². The van der Waals surface area contributed by atoms with Gasteiger partial charge in [-0.1, -0.05) is 0 Å². The van der Waals surface area contributed by atoms with E-state index in [0.29, 0.717) is 17.6 Å². The molecule has 8 heteroatoms. The molecule has 2 aromatic rings. The van der Waals surface area contributed by atoms with E-state index in [1.54, 1.807) is 23.1 Å². The Hall–Kier alpha value is -2.48. The lowest BCUT2D eigenvalue weighted by Crippen LogP contribution is -2.50. The number of nitrogens with two attached hydrogens (primary N) is 1. The molecule has 2 aromatic heterocycles. The van der Waals surface area contributed by atoms with Gasteiger partial charge in [0.1, 0.15) is 5.54 Å². The number of likely N-dealkylation sites (tertiary alicyclic amines) is 1. The minimum atomic E-state index is -1.36. The van der Waals surface area contributed by atoms with Gasteiger partial charge in [-0.25, -0.2) is 4.52 Å². The second-order valence-electron chi connectivity index (χ2n) is 4.90. The van der Waals surface area contributed by atoms with Gasteiger partial charge < -0.3 is 15.7 Å². The fourth-order valence-electron chi connectivity index (χ4n) is 2.35. The molecule has 8 nitrogen and oxygen atoms in total. The van der Waals surface area contributed by atoms with Crippen LogP contribution in [0.5, 0.6) is 0 Å². The normalized spacial score (nSPS) is 22.4. The molecule has 0 radical (unpaired) electrons. The molecule has 0 spiro atoms. The van der Waals surface area contributed by atoms with E-state index in [-0.39, 0.29) is 18.9 Å². The Bertz CT molecular complexity index is 697. The summed E-state index contributed by atoms with van der Waals surface area (Å²) in [6.45, 7) is 0.317. The molecule has 0 aliphatic carbocycles. The smallest absolute Gasteiger partial charge is 0.325 e. The third-order valence-corrected chi connectivity index (χ3v) is 3.57. The number of aliphatic carboxylic acids is 1. The maximum absolute atomic E-state index is 12.4. The fourth-order valence-corrected chi connectivity index (χ4v) is 2.35. The first-order chi connectivity index (χ1) is 9.51. The van der Waals surface area contributed by atoms with Gasteiger partial charge >= 0.3 is 5.97 Å². The van der Waals surface area contributed by atoms with E-state index in [4.69, 9.17) is 10.8 Å². The molecule has 0 aromatic carbocycles. The summed E-state index contributed by atoms with van der Waals surface area (Å²) in [4.78, 5) is 28.9. The molecule has 104 valence electrons. The lowest BCUT2D eigenvalue weighted by Gasteiger charge is -2.19. The van der Waals surface area contributed by atoms with Gasteiger partial charge in [-0.15, -0.1) is 0 Å². The first-order valence-corrected chi connectivity index (χ1v) is 6.10. The Morgan fingerprint density at radius 1 is 1.40 bits per heavy atom. The number of carbonyl (C=O) groups excluding carboxylic acids is 1. The summed E-state index contributed by atoms with van der Waals surface area (Å²) < 4.78 is 1.54. The highest BCUT2D eigenvalue weighted by molar-refractivity contribution is 6.01. The summed E-state index contributed by atoms with van der Waals surface area (Å²) in [5.41, 5.74) is 5.39. The maximum Gasteiger partial charge on any atom is 0.325 e. The van der Waals surface area contributed by atoms with Gasteiger partial charge in [-0.2, -0.15) is 5.10 Å². The number of aromatic nitrogens is 3. The van der Waals surface area contributed by atoms with Crippen LogP contribution >= 0.6 is 0 Å². The molecule has 1 fully saturated rings. The summed E-state index contributed by atoms with van der Waals surface area (Å²) >= 11 is 0. The summed E-state index contributed by atoms with van der Waals surface area (Å²) in [5.74, 6) is -1.36. The Morgan fingerprint density at radius 3 is 2.90 bits per heavy atom. The van der Waals surface area contributed by atoms with E-state index >= 15 is 0 Å². The third kappa shape index (κ3) is 1.81. The zero-order valence-corrected chi connectivity index (χ0v) is 10.6. The standard InChI is InChI=1S/C12H13N5O3/c13-12(11(19)20)1-3-16(7-12)10(18)8-5-15-17-4-2-14-6-9(8)17/h2,4-6H,1,3,7,13H2,(H,19,20). The second-order valence-corrected chi connectivity index (χ2v) is 4.90. The molecule has 3 rings (SSSR count). The Balaban J connectivity index is 1.89. The van der Waals surface area contributed by atoms with Crippen LogP contribution in [-0.2, 0) is 4.79 Å². The molecule has 1 atom stereocenters. The quantitative estimate of drug-likeness (QED) is 0.753. The number of carbonyl (C=O) groups is 2. The third-order valence-electron chi connectivity index (χ3n) is 3.57. The minimum Gasteiger partial charge on any atom is -0.480 e. The zero-order valence-electron chi connectivity index (χ0n) is 10.6. The topological polar surface area (TPSA) is 114 Å². The van der Waals surface area contributed by atoms with Crippen molar-refractivity contribution in [1.29, 1.82) is 0 Å². The van der Waals surface area contributed by atoms with E-state index in [9.17, 15) is 9.59 Å². The van der Waals surface area contributed by atoms with Crippen molar-refractivity contribution in [2.45, 2.75) is 12.0 Å². The van der Waals surface area contributed by atoms with Crippen LogP contribution < -0.4 is 5.73 Å². The van der Waals surface area contributed by atoms with Crippen LogP contribution in [0.3, 0.4) is 0 Å². The van der Waals surface area contributed by atoms with Gasteiger partial charge in [-0.3, -0.25) is 14.6 Å². The molecule has 0 bridgehead atoms. The van der Waals surface area contributed by atoms with E-state index in [1.165, 1.54) is 11.1 Å². The summed E-state index contributed by atoms with van der Waals surface area (Å²) in [7, 11) is 0. The molecular formula is C12H13N5O3. The largest absolute Gasteiger partial charge is 0.480 e. The highest BCUT2D eigenvalue weighted by Crippen LogP contribution is 2.22. The van der Waals surface area contributed by atoms with Gasteiger partial charge in [0, 0.05) is 25.5 Å². The Labute approximate surface area is 113 Å². The van der Waals surface area contributed by atoms with Crippen molar-refractivity contribution in [3.8, 4) is 0 Å². The predicted molar refractivity (Wildman–Crippen MR) is 68.1 cm³/mol. The first-order valence-electron chi connectivity index (χ1n) is 6.10. The van der Waals surface area contributed by atoms with Crippen molar-refractivity contribution in [2.75, 3.05) is 13.1 Å². The van der Waals surface area contributed by atoms with E-state index < -0.39 is 11.5 Å². The first kappa shape index (κ1) is 12.5. The lowest BCUT2D eigenvalue weighted by atomic mass is 10.0. The molecular weight excluding hydrogens is 262 g/mol. The number of hydrogen-bond acceptors (Lipinski definition) is 5.